The van der Waals surface area contributed by atoms with Crippen molar-refractivity contribution in [2.45, 2.75) is 40.2 Å². The molecule has 0 spiro atoms. The maximum atomic E-state index is 12.0. The number of ether oxygens (including phenoxy) is 1. The number of rotatable bonds is 3. The van der Waals surface area contributed by atoms with Crippen LogP contribution in [0.4, 0.5) is 4.79 Å². The number of piperidine rings is 1. The summed E-state index contributed by atoms with van der Waals surface area (Å²) in [4.78, 5) is 27.1. The predicted octanol–water partition coefficient (Wildman–Crippen LogP) is 1.97. The second-order valence-corrected chi connectivity index (χ2v) is 6.93. The van der Waals surface area contributed by atoms with Gasteiger partial charge in [-0.3, -0.25) is 4.79 Å². The van der Waals surface area contributed by atoms with Gasteiger partial charge in [-0.15, -0.1) is 0 Å². The Balaban J connectivity index is 1.79. The van der Waals surface area contributed by atoms with E-state index in [-0.39, 0.29) is 12.0 Å². The van der Waals surface area contributed by atoms with Crippen LogP contribution < -0.4 is 0 Å². The van der Waals surface area contributed by atoms with E-state index in [9.17, 15) is 9.59 Å². The van der Waals surface area contributed by atoms with Crippen LogP contribution in [0.25, 0.3) is 0 Å². The topological polar surface area (TPSA) is 49.9 Å². The summed E-state index contributed by atoms with van der Waals surface area (Å²) in [7, 11) is 0. The zero-order valence-corrected chi connectivity index (χ0v) is 13.2. The molecule has 2 unspecified atom stereocenters. The molecule has 1 aliphatic heterocycles. The highest BCUT2D eigenvalue weighted by atomic mass is 16.6. The third kappa shape index (κ3) is 3.25. The molecule has 2 atom stereocenters. The van der Waals surface area contributed by atoms with Gasteiger partial charge in [0.15, 0.2) is 0 Å². The Labute approximate surface area is 121 Å². The second-order valence-electron chi connectivity index (χ2n) is 6.93. The summed E-state index contributed by atoms with van der Waals surface area (Å²) < 4.78 is 5.39. The molecule has 0 aromatic heterocycles. The molecule has 1 heterocycles. The van der Waals surface area contributed by atoms with E-state index in [1.165, 1.54) is 0 Å². The van der Waals surface area contributed by atoms with Crippen LogP contribution in [0.15, 0.2) is 0 Å². The highest BCUT2D eigenvalue weighted by molar-refractivity contribution is 5.73. The van der Waals surface area contributed by atoms with Gasteiger partial charge in [0.25, 0.3) is 0 Å². The molecule has 0 radical (unpaired) electrons. The zero-order chi connectivity index (χ0) is 15.1. The van der Waals surface area contributed by atoms with Crippen LogP contribution in [0.3, 0.4) is 0 Å². The minimum absolute atomic E-state index is 0.140. The van der Waals surface area contributed by atoms with Gasteiger partial charge in [0, 0.05) is 33.1 Å². The molecular formula is C15H26N2O3. The Kier molecular flexibility index (Phi) is 3.98. The normalized spacial score (nSPS) is 28.1. The summed E-state index contributed by atoms with van der Waals surface area (Å²) >= 11 is 0. The van der Waals surface area contributed by atoms with Gasteiger partial charge in [-0.05, 0) is 45.4 Å². The monoisotopic (exact) mass is 282 g/mol. The average molecular weight is 282 g/mol. The summed E-state index contributed by atoms with van der Waals surface area (Å²) in [6.07, 6.45) is -0.206. The summed E-state index contributed by atoms with van der Waals surface area (Å²) in [5.74, 6) is 1.81. The van der Waals surface area contributed by atoms with Gasteiger partial charge >= 0.3 is 6.09 Å². The number of nitrogens with zero attached hydrogens (tertiary/aromatic N) is 2. The molecule has 1 aliphatic carbocycles. The zero-order valence-electron chi connectivity index (χ0n) is 13.2. The molecule has 5 heteroatoms. The van der Waals surface area contributed by atoms with E-state index in [0.29, 0.717) is 17.8 Å². The fourth-order valence-electron chi connectivity index (χ4n) is 3.13. The van der Waals surface area contributed by atoms with Crippen LogP contribution in [-0.4, -0.2) is 53.6 Å². The van der Waals surface area contributed by atoms with Crippen LogP contribution in [0.1, 0.15) is 34.6 Å². The van der Waals surface area contributed by atoms with E-state index < -0.39 is 5.60 Å². The fraction of sp³-hybridized carbons (Fsp3) is 0.867. The summed E-state index contributed by atoms with van der Waals surface area (Å²) in [6.45, 7) is 12.4. The summed E-state index contributed by atoms with van der Waals surface area (Å²) in [5, 5.41) is 0. The average Bonchev–Trinajstić information content (AvgIpc) is 2.76. The standard InChI is InChI=1S/C15H26N2O3/c1-6-16(10(2)18)7-11-12-8-17(9-13(11)12)14(19)20-15(3,4)5/h11-13H,6-9H2,1-5H3. The van der Waals surface area contributed by atoms with E-state index in [4.69, 9.17) is 4.74 Å². The first-order chi connectivity index (χ1) is 9.23. The minimum Gasteiger partial charge on any atom is -0.444 e. The van der Waals surface area contributed by atoms with Crippen molar-refractivity contribution in [3.05, 3.63) is 0 Å². The Morgan fingerprint density at radius 3 is 2.20 bits per heavy atom. The molecule has 0 aromatic rings. The molecule has 2 fully saturated rings. The second kappa shape index (κ2) is 5.26. The number of fused-ring (bicyclic) bond motifs is 1. The van der Waals surface area contributed by atoms with Crippen LogP contribution >= 0.6 is 0 Å². The summed E-state index contributed by atoms with van der Waals surface area (Å²) in [5.41, 5.74) is -0.434. The smallest absolute Gasteiger partial charge is 0.410 e. The number of amides is 2. The summed E-state index contributed by atoms with van der Waals surface area (Å²) in [6, 6.07) is 0. The van der Waals surface area contributed by atoms with Gasteiger partial charge in [-0.2, -0.15) is 0 Å². The van der Waals surface area contributed by atoms with E-state index in [1.807, 2.05) is 32.6 Å². The number of carbonyl (C=O) groups is 2. The maximum absolute atomic E-state index is 12.0. The number of likely N-dealkylation sites (tertiary alicyclic amines) is 1. The molecule has 0 bridgehead atoms. The largest absolute Gasteiger partial charge is 0.444 e. The predicted molar refractivity (Wildman–Crippen MR) is 76.2 cm³/mol. The van der Waals surface area contributed by atoms with Gasteiger partial charge in [-0.1, -0.05) is 0 Å². The number of carbonyl (C=O) groups excluding carboxylic acids is 2. The van der Waals surface area contributed by atoms with Crippen molar-refractivity contribution < 1.29 is 14.3 Å². The molecular weight excluding hydrogens is 256 g/mol. The van der Waals surface area contributed by atoms with Crippen molar-refractivity contribution in [3.63, 3.8) is 0 Å². The molecule has 2 aliphatic rings. The van der Waals surface area contributed by atoms with Crippen molar-refractivity contribution in [1.82, 2.24) is 9.80 Å². The first-order valence-corrected chi connectivity index (χ1v) is 7.46. The quantitative estimate of drug-likeness (QED) is 0.795. The molecule has 0 aromatic carbocycles. The number of hydrogen-bond acceptors (Lipinski definition) is 3. The lowest BCUT2D eigenvalue weighted by Gasteiger charge is -2.26. The first-order valence-electron chi connectivity index (χ1n) is 7.46. The fourth-order valence-corrected chi connectivity index (χ4v) is 3.13. The van der Waals surface area contributed by atoms with Crippen LogP contribution in [-0.2, 0) is 9.53 Å². The molecule has 5 nitrogen and oxygen atoms in total. The Bertz CT molecular complexity index is 390. The van der Waals surface area contributed by atoms with Crippen molar-refractivity contribution in [1.29, 1.82) is 0 Å². The van der Waals surface area contributed by atoms with Gasteiger partial charge < -0.3 is 14.5 Å². The number of hydrogen-bond donors (Lipinski definition) is 0. The van der Waals surface area contributed by atoms with Crippen LogP contribution in [0.2, 0.25) is 0 Å². The lowest BCUT2D eigenvalue weighted by molar-refractivity contribution is -0.129. The van der Waals surface area contributed by atoms with Crippen molar-refractivity contribution in [2.75, 3.05) is 26.2 Å². The Hall–Kier alpha value is -1.26. The van der Waals surface area contributed by atoms with E-state index >= 15 is 0 Å². The van der Waals surface area contributed by atoms with Crippen molar-refractivity contribution in [2.24, 2.45) is 17.8 Å². The molecule has 20 heavy (non-hydrogen) atoms. The highest BCUT2D eigenvalue weighted by Gasteiger charge is 2.57. The molecule has 114 valence electrons. The third-order valence-electron chi connectivity index (χ3n) is 4.28. The Morgan fingerprint density at radius 2 is 1.80 bits per heavy atom. The van der Waals surface area contributed by atoms with Gasteiger partial charge in [0.05, 0.1) is 0 Å². The Morgan fingerprint density at radius 1 is 1.25 bits per heavy atom. The lowest BCUT2D eigenvalue weighted by atomic mass is 10.2. The van der Waals surface area contributed by atoms with Gasteiger partial charge in [0.1, 0.15) is 5.60 Å². The maximum Gasteiger partial charge on any atom is 0.410 e. The van der Waals surface area contributed by atoms with E-state index in [0.717, 1.165) is 26.2 Å². The minimum atomic E-state index is -0.434. The highest BCUT2D eigenvalue weighted by Crippen LogP contribution is 2.52. The molecule has 2 rings (SSSR count). The molecule has 0 N–H and O–H groups in total. The van der Waals surface area contributed by atoms with Gasteiger partial charge in [0.2, 0.25) is 5.91 Å². The van der Waals surface area contributed by atoms with Crippen molar-refractivity contribution in [3.8, 4) is 0 Å². The van der Waals surface area contributed by atoms with Gasteiger partial charge in [-0.25, -0.2) is 4.79 Å². The van der Waals surface area contributed by atoms with Crippen molar-refractivity contribution >= 4 is 12.0 Å². The third-order valence-corrected chi connectivity index (χ3v) is 4.28. The van der Waals surface area contributed by atoms with E-state index in [2.05, 4.69) is 0 Å². The first kappa shape index (κ1) is 15.1. The molecule has 1 saturated carbocycles. The van der Waals surface area contributed by atoms with Crippen LogP contribution in [0, 0.1) is 17.8 Å². The SMILES string of the molecule is CCN(CC1C2CN(C(=O)OC(C)(C)C)CC12)C(C)=O. The van der Waals surface area contributed by atoms with Crippen LogP contribution in [0.5, 0.6) is 0 Å². The van der Waals surface area contributed by atoms with E-state index in [1.54, 1.807) is 11.8 Å². The lowest BCUT2D eigenvalue weighted by Crippen LogP contribution is -2.38. The molecule has 2 amide bonds. The molecule has 1 saturated heterocycles.